The van der Waals surface area contributed by atoms with Crippen LogP contribution in [0.2, 0.25) is 5.02 Å². The fourth-order valence-corrected chi connectivity index (χ4v) is 3.07. The first-order valence-electron chi connectivity index (χ1n) is 6.03. The fourth-order valence-electron chi connectivity index (χ4n) is 1.77. The Morgan fingerprint density at radius 3 is 2.62 bits per heavy atom. The summed E-state index contributed by atoms with van der Waals surface area (Å²) in [5.74, 6) is 0.414. The minimum Gasteiger partial charge on any atom is -0.495 e. The van der Waals surface area contributed by atoms with Gasteiger partial charge in [-0.1, -0.05) is 23.7 Å². The summed E-state index contributed by atoms with van der Waals surface area (Å²) in [6, 6.07) is 10.8. The normalized spacial score (nSPS) is 11.2. The summed E-state index contributed by atoms with van der Waals surface area (Å²) in [6.07, 6.45) is 0. The van der Waals surface area contributed by atoms with E-state index in [-0.39, 0.29) is 11.5 Å². The summed E-state index contributed by atoms with van der Waals surface area (Å²) in [4.78, 5) is 0.0156. The monoisotopic (exact) mass is 327 g/mol. The number of hydrogen-bond donors (Lipinski definition) is 2. The minimum absolute atomic E-state index is 0.0156. The van der Waals surface area contributed by atoms with Gasteiger partial charge in [0.2, 0.25) is 0 Å². The zero-order valence-electron chi connectivity index (χ0n) is 11.2. The van der Waals surface area contributed by atoms with E-state index in [9.17, 15) is 8.42 Å². The number of nitrogens with one attached hydrogen (secondary N) is 1. The summed E-state index contributed by atoms with van der Waals surface area (Å²) in [6.45, 7) is -0.336. The van der Waals surface area contributed by atoms with Gasteiger partial charge < -0.3 is 9.84 Å². The second-order valence-electron chi connectivity index (χ2n) is 4.22. The van der Waals surface area contributed by atoms with Gasteiger partial charge in [-0.2, -0.15) is 0 Å². The number of ether oxygens (including phenoxy) is 1. The number of hydrogen-bond acceptors (Lipinski definition) is 4. The molecule has 0 aliphatic heterocycles. The van der Waals surface area contributed by atoms with Gasteiger partial charge in [-0.15, -0.1) is 0 Å². The zero-order chi connectivity index (χ0) is 15.5. The molecule has 7 heteroatoms. The van der Waals surface area contributed by atoms with E-state index in [4.69, 9.17) is 21.4 Å². The molecule has 0 spiro atoms. The first-order chi connectivity index (χ1) is 9.97. The predicted molar refractivity (Wildman–Crippen MR) is 81.2 cm³/mol. The molecule has 0 amide bonds. The largest absolute Gasteiger partial charge is 0.495 e. The van der Waals surface area contributed by atoms with Crippen LogP contribution >= 0.6 is 11.6 Å². The van der Waals surface area contributed by atoms with Crippen LogP contribution in [0.5, 0.6) is 5.75 Å². The van der Waals surface area contributed by atoms with E-state index < -0.39 is 10.0 Å². The maximum absolute atomic E-state index is 12.4. The second-order valence-corrected chi connectivity index (χ2v) is 6.31. The summed E-state index contributed by atoms with van der Waals surface area (Å²) in [7, 11) is -2.34. The van der Waals surface area contributed by atoms with Gasteiger partial charge in [0, 0.05) is 5.02 Å². The van der Waals surface area contributed by atoms with E-state index in [0.717, 1.165) is 0 Å². The van der Waals surface area contributed by atoms with Gasteiger partial charge in [-0.25, -0.2) is 8.42 Å². The minimum atomic E-state index is -3.80. The van der Waals surface area contributed by atoms with Crippen molar-refractivity contribution in [3.05, 3.63) is 53.1 Å². The molecule has 0 saturated carbocycles. The van der Waals surface area contributed by atoms with E-state index >= 15 is 0 Å². The average molecular weight is 328 g/mol. The molecule has 2 aromatic rings. The first kappa shape index (κ1) is 15.6. The van der Waals surface area contributed by atoms with Crippen LogP contribution < -0.4 is 9.46 Å². The highest BCUT2D eigenvalue weighted by molar-refractivity contribution is 7.92. The fraction of sp³-hybridized carbons (Fsp3) is 0.143. The molecule has 0 saturated heterocycles. The molecule has 2 rings (SSSR count). The summed E-state index contributed by atoms with van der Waals surface area (Å²) in [5, 5.41) is 9.47. The molecule has 112 valence electrons. The molecule has 2 N–H and O–H groups in total. The van der Waals surface area contributed by atoms with Gasteiger partial charge in [0.1, 0.15) is 5.75 Å². The van der Waals surface area contributed by atoms with Crippen molar-refractivity contribution in [1.29, 1.82) is 0 Å². The van der Waals surface area contributed by atoms with E-state index in [0.29, 0.717) is 22.0 Å². The third-order valence-corrected chi connectivity index (χ3v) is 4.58. The molecule has 0 radical (unpaired) electrons. The van der Waals surface area contributed by atoms with Gasteiger partial charge >= 0.3 is 0 Å². The number of para-hydroxylation sites is 2. The Labute approximate surface area is 128 Å². The average Bonchev–Trinajstić information content (AvgIpc) is 2.47. The third-order valence-electron chi connectivity index (χ3n) is 2.85. The van der Waals surface area contributed by atoms with Crippen LogP contribution in [0.15, 0.2) is 47.4 Å². The Morgan fingerprint density at radius 1 is 1.24 bits per heavy atom. The van der Waals surface area contributed by atoms with Crippen molar-refractivity contribution in [3.63, 3.8) is 0 Å². The highest BCUT2D eigenvalue weighted by Gasteiger charge is 2.17. The summed E-state index contributed by atoms with van der Waals surface area (Å²) < 4.78 is 32.3. The van der Waals surface area contributed by atoms with Crippen molar-refractivity contribution in [1.82, 2.24) is 0 Å². The smallest absolute Gasteiger partial charge is 0.262 e. The Morgan fingerprint density at radius 2 is 1.95 bits per heavy atom. The van der Waals surface area contributed by atoms with Crippen LogP contribution in [0, 0.1) is 0 Å². The highest BCUT2D eigenvalue weighted by Crippen LogP contribution is 2.27. The molecule has 0 bridgehead atoms. The number of sulfonamides is 1. The summed E-state index contributed by atoms with van der Waals surface area (Å²) in [5.41, 5.74) is 0.681. The number of halogens is 1. The molecule has 0 aliphatic carbocycles. The van der Waals surface area contributed by atoms with Crippen molar-refractivity contribution in [3.8, 4) is 5.75 Å². The molecule has 0 aromatic heterocycles. The van der Waals surface area contributed by atoms with Gasteiger partial charge in [0.05, 0.1) is 24.3 Å². The number of aliphatic hydroxyl groups is 1. The van der Waals surface area contributed by atoms with Crippen LogP contribution in [0.25, 0.3) is 0 Å². The van der Waals surface area contributed by atoms with E-state index in [1.807, 2.05) is 0 Å². The van der Waals surface area contributed by atoms with Crippen LogP contribution in [0.1, 0.15) is 5.56 Å². The summed E-state index contributed by atoms with van der Waals surface area (Å²) >= 11 is 5.86. The molecule has 0 atom stereocenters. The highest BCUT2D eigenvalue weighted by atomic mass is 35.5. The number of aliphatic hydroxyl groups excluding tert-OH is 1. The molecule has 0 aliphatic rings. The quantitative estimate of drug-likeness (QED) is 0.885. The van der Waals surface area contributed by atoms with Gasteiger partial charge in [0.25, 0.3) is 10.0 Å². The van der Waals surface area contributed by atoms with Crippen molar-refractivity contribution in [2.45, 2.75) is 11.5 Å². The van der Waals surface area contributed by atoms with Crippen molar-refractivity contribution in [2.75, 3.05) is 11.8 Å². The lowest BCUT2D eigenvalue weighted by Crippen LogP contribution is -2.14. The number of benzene rings is 2. The molecule has 0 fully saturated rings. The van der Waals surface area contributed by atoms with Crippen molar-refractivity contribution in [2.24, 2.45) is 0 Å². The van der Waals surface area contributed by atoms with Gasteiger partial charge in [-0.3, -0.25) is 4.72 Å². The van der Waals surface area contributed by atoms with Crippen LogP contribution in [-0.4, -0.2) is 20.6 Å². The first-order valence-corrected chi connectivity index (χ1v) is 7.89. The predicted octanol–water partition coefficient (Wildman–Crippen LogP) is 2.64. The van der Waals surface area contributed by atoms with Gasteiger partial charge in [-0.05, 0) is 35.9 Å². The second kappa shape index (κ2) is 6.34. The van der Waals surface area contributed by atoms with Crippen LogP contribution in [-0.2, 0) is 16.6 Å². The molecule has 0 unspecified atom stereocenters. The lowest BCUT2D eigenvalue weighted by atomic mass is 10.2. The molecule has 0 heterocycles. The number of methoxy groups -OCH3 is 1. The number of anilines is 1. The Balaban J connectivity index is 2.38. The molecule has 5 nitrogen and oxygen atoms in total. The maximum Gasteiger partial charge on any atom is 0.262 e. The van der Waals surface area contributed by atoms with Crippen LogP contribution in [0.4, 0.5) is 5.69 Å². The van der Waals surface area contributed by atoms with Crippen LogP contribution in [0.3, 0.4) is 0 Å². The lowest BCUT2D eigenvalue weighted by Gasteiger charge is -2.12. The molecule has 21 heavy (non-hydrogen) atoms. The van der Waals surface area contributed by atoms with Crippen molar-refractivity contribution < 1.29 is 18.3 Å². The Hall–Kier alpha value is -1.76. The maximum atomic E-state index is 12.4. The Kier molecular flexibility index (Phi) is 4.72. The lowest BCUT2D eigenvalue weighted by molar-refractivity contribution is 0.281. The van der Waals surface area contributed by atoms with Gasteiger partial charge in [0.15, 0.2) is 0 Å². The zero-order valence-corrected chi connectivity index (χ0v) is 12.8. The molecular formula is C14H14ClNO4S. The molecular weight excluding hydrogens is 314 g/mol. The van der Waals surface area contributed by atoms with E-state index in [1.165, 1.54) is 25.3 Å². The van der Waals surface area contributed by atoms with Crippen molar-refractivity contribution >= 4 is 27.3 Å². The number of rotatable bonds is 5. The Bertz CT molecular complexity index is 746. The topological polar surface area (TPSA) is 75.6 Å². The van der Waals surface area contributed by atoms with E-state index in [1.54, 1.807) is 24.3 Å². The molecule has 2 aromatic carbocycles. The third kappa shape index (κ3) is 3.47. The van der Waals surface area contributed by atoms with E-state index in [2.05, 4.69) is 4.72 Å². The standard InChI is InChI=1S/C14H14ClNO4S/c1-20-14-5-3-2-4-13(14)16-21(18,19)11-6-7-12(15)10(8-11)9-17/h2-8,16-17H,9H2,1H3. The SMILES string of the molecule is COc1ccccc1NS(=O)(=O)c1ccc(Cl)c(CO)c1.